The molecule has 3 aromatic rings. The Kier molecular flexibility index (Phi) is 4.83. The van der Waals surface area contributed by atoms with Crippen LogP contribution in [0.4, 0.5) is 0 Å². The van der Waals surface area contributed by atoms with Crippen molar-refractivity contribution in [1.29, 1.82) is 0 Å². The van der Waals surface area contributed by atoms with E-state index >= 15 is 0 Å². The fraction of sp³-hybridized carbons (Fsp3) is 0.182. The van der Waals surface area contributed by atoms with Gasteiger partial charge in [-0.25, -0.2) is 4.98 Å². The number of benzene rings is 2. The van der Waals surface area contributed by atoms with Crippen LogP contribution in [0.1, 0.15) is 48.5 Å². The molecule has 1 N–H and O–H groups in total. The number of imide groups is 1. The zero-order chi connectivity index (χ0) is 21.4. The van der Waals surface area contributed by atoms with Crippen molar-refractivity contribution in [2.45, 2.75) is 6.04 Å². The molecular weight excluding hydrogens is 384 g/mol. The third-order valence-electron chi connectivity index (χ3n) is 5.19. The molecule has 1 atom stereocenters. The number of ether oxygens (including phenoxy) is 1. The van der Waals surface area contributed by atoms with Crippen LogP contribution in [0.25, 0.3) is 0 Å². The highest BCUT2D eigenvalue weighted by molar-refractivity contribution is 6.21. The Morgan fingerprint density at radius 3 is 2.50 bits per heavy atom. The largest absolute Gasteiger partial charge is 0.496 e. The molecule has 0 spiro atoms. The number of aromatic nitrogens is 2. The quantitative estimate of drug-likeness (QED) is 0.658. The van der Waals surface area contributed by atoms with Crippen molar-refractivity contribution >= 4 is 17.7 Å². The number of carbonyl (C=O) groups is 3. The molecule has 1 aliphatic heterocycles. The van der Waals surface area contributed by atoms with Gasteiger partial charge in [0.05, 0.1) is 18.2 Å². The van der Waals surface area contributed by atoms with Gasteiger partial charge in [-0.05, 0) is 24.3 Å². The number of carbonyl (C=O) groups excluding carboxylic acids is 3. The van der Waals surface area contributed by atoms with E-state index in [1.807, 2.05) is 35.9 Å². The van der Waals surface area contributed by atoms with E-state index in [0.29, 0.717) is 17.1 Å². The zero-order valence-corrected chi connectivity index (χ0v) is 16.7. The number of fused-ring (bicyclic) bond motifs is 1. The maximum absolute atomic E-state index is 13.1. The minimum Gasteiger partial charge on any atom is -0.496 e. The Balaban J connectivity index is 1.71. The van der Waals surface area contributed by atoms with Gasteiger partial charge in [0.25, 0.3) is 17.7 Å². The summed E-state index contributed by atoms with van der Waals surface area (Å²) in [6.07, 6.45) is 3.44. The van der Waals surface area contributed by atoms with Crippen LogP contribution < -0.4 is 10.1 Å². The Morgan fingerprint density at radius 2 is 1.80 bits per heavy atom. The van der Waals surface area contributed by atoms with Crippen LogP contribution in [-0.2, 0) is 7.05 Å². The zero-order valence-electron chi connectivity index (χ0n) is 16.7. The SMILES string of the molecule is COc1ccccc1C(NC(=O)c1ccc2c(c1)C(=O)N(C)C2=O)c1nccn1C. The van der Waals surface area contributed by atoms with Gasteiger partial charge in [0.1, 0.15) is 17.6 Å². The number of rotatable bonds is 5. The predicted molar refractivity (Wildman–Crippen MR) is 108 cm³/mol. The molecule has 0 aliphatic carbocycles. The predicted octanol–water partition coefficient (Wildman–Crippen LogP) is 2.17. The number of nitrogens with zero attached hydrogens (tertiary/aromatic N) is 3. The summed E-state index contributed by atoms with van der Waals surface area (Å²) < 4.78 is 7.29. The number of amides is 3. The lowest BCUT2D eigenvalue weighted by atomic mass is 10.0. The molecule has 1 aliphatic rings. The van der Waals surface area contributed by atoms with Gasteiger partial charge in [0, 0.05) is 37.6 Å². The number of para-hydroxylation sites is 1. The summed E-state index contributed by atoms with van der Waals surface area (Å²) in [5, 5.41) is 2.98. The van der Waals surface area contributed by atoms with Gasteiger partial charge in [-0.2, -0.15) is 0 Å². The Morgan fingerprint density at radius 1 is 1.07 bits per heavy atom. The van der Waals surface area contributed by atoms with Crippen LogP contribution in [0.5, 0.6) is 5.75 Å². The summed E-state index contributed by atoms with van der Waals surface area (Å²) >= 11 is 0. The first-order chi connectivity index (χ1) is 14.4. The monoisotopic (exact) mass is 404 g/mol. The Hall–Kier alpha value is -3.94. The second-order valence-electron chi connectivity index (χ2n) is 6.97. The minimum absolute atomic E-state index is 0.223. The Labute approximate surface area is 173 Å². The molecule has 8 nitrogen and oxygen atoms in total. The Bertz CT molecular complexity index is 1170. The summed E-state index contributed by atoms with van der Waals surface area (Å²) in [4.78, 5) is 42.9. The average molecular weight is 404 g/mol. The first kappa shape index (κ1) is 19.4. The minimum atomic E-state index is -0.582. The van der Waals surface area contributed by atoms with Crippen molar-refractivity contribution in [3.63, 3.8) is 0 Å². The van der Waals surface area contributed by atoms with Gasteiger partial charge in [0.15, 0.2) is 0 Å². The third kappa shape index (κ3) is 3.12. The molecule has 0 bridgehead atoms. The normalized spacial score (nSPS) is 13.9. The van der Waals surface area contributed by atoms with Gasteiger partial charge in [0.2, 0.25) is 0 Å². The summed E-state index contributed by atoms with van der Waals surface area (Å²) in [7, 11) is 4.82. The number of hydrogen-bond acceptors (Lipinski definition) is 5. The molecule has 1 unspecified atom stereocenters. The second kappa shape index (κ2) is 7.47. The average Bonchev–Trinajstić information content (AvgIpc) is 3.28. The maximum Gasteiger partial charge on any atom is 0.261 e. The highest BCUT2D eigenvalue weighted by atomic mass is 16.5. The fourth-order valence-electron chi connectivity index (χ4n) is 3.56. The molecule has 0 fully saturated rings. The molecule has 4 rings (SSSR count). The van der Waals surface area contributed by atoms with E-state index in [9.17, 15) is 14.4 Å². The molecule has 2 heterocycles. The molecule has 152 valence electrons. The van der Waals surface area contributed by atoms with Crippen molar-refractivity contribution in [1.82, 2.24) is 19.8 Å². The van der Waals surface area contributed by atoms with Crippen LogP contribution >= 0.6 is 0 Å². The van der Waals surface area contributed by atoms with Gasteiger partial charge in [-0.3, -0.25) is 19.3 Å². The smallest absolute Gasteiger partial charge is 0.261 e. The highest BCUT2D eigenvalue weighted by Gasteiger charge is 2.33. The summed E-state index contributed by atoms with van der Waals surface area (Å²) in [6.45, 7) is 0. The molecule has 1 aromatic heterocycles. The molecule has 0 saturated carbocycles. The summed E-state index contributed by atoms with van der Waals surface area (Å²) in [6, 6.07) is 11.3. The van der Waals surface area contributed by atoms with Crippen LogP contribution in [0.15, 0.2) is 54.9 Å². The maximum atomic E-state index is 13.1. The lowest BCUT2D eigenvalue weighted by molar-refractivity contribution is 0.0693. The van der Waals surface area contributed by atoms with Gasteiger partial charge < -0.3 is 14.6 Å². The molecule has 8 heteroatoms. The summed E-state index contributed by atoms with van der Waals surface area (Å²) in [5.74, 6) is 0.0468. The molecule has 0 saturated heterocycles. The molecule has 0 radical (unpaired) electrons. The highest BCUT2D eigenvalue weighted by Crippen LogP contribution is 2.30. The molecule has 3 amide bonds. The van der Waals surface area contributed by atoms with E-state index in [2.05, 4.69) is 10.3 Å². The standard InChI is InChI=1S/C22H20N4O4/c1-25-11-10-23-19(25)18(15-6-4-5-7-17(15)30-3)24-20(27)13-8-9-14-16(12-13)22(29)26(2)21(14)28/h4-12,18H,1-3H3,(H,24,27). The number of methoxy groups -OCH3 is 1. The van der Waals surface area contributed by atoms with Crippen molar-refractivity contribution in [3.05, 3.63) is 82.9 Å². The third-order valence-corrected chi connectivity index (χ3v) is 5.19. The van der Waals surface area contributed by atoms with Crippen LogP contribution in [0.3, 0.4) is 0 Å². The van der Waals surface area contributed by atoms with Crippen LogP contribution in [-0.4, -0.2) is 46.3 Å². The van der Waals surface area contributed by atoms with Crippen molar-refractivity contribution in [2.24, 2.45) is 7.05 Å². The topological polar surface area (TPSA) is 93.5 Å². The second-order valence-corrected chi connectivity index (χ2v) is 6.97. The van der Waals surface area contributed by atoms with Crippen molar-refractivity contribution in [3.8, 4) is 5.75 Å². The molecule has 30 heavy (non-hydrogen) atoms. The van der Waals surface area contributed by atoms with E-state index in [-0.39, 0.29) is 17.0 Å². The first-order valence-corrected chi connectivity index (χ1v) is 9.29. The van der Waals surface area contributed by atoms with Crippen LogP contribution in [0.2, 0.25) is 0 Å². The van der Waals surface area contributed by atoms with E-state index in [4.69, 9.17) is 4.74 Å². The van der Waals surface area contributed by atoms with Gasteiger partial charge in [-0.15, -0.1) is 0 Å². The number of hydrogen-bond donors (Lipinski definition) is 1. The lowest BCUT2D eigenvalue weighted by Crippen LogP contribution is -2.31. The fourth-order valence-corrected chi connectivity index (χ4v) is 3.56. The van der Waals surface area contributed by atoms with Crippen molar-refractivity contribution < 1.29 is 19.1 Å². The van der Waals surface area contributed by atoms with Gasteiger partial charge in [-0.1, -0.05) is 18.2 Å². The summed E-state index contributed by atoms with van der Waals surface area (Å²) in [5.41, 5.74) is 1.54. The van der Waals surface area contributed by atoms with E-state index in [1.54, 1.807) is 19.5 Å². The van der Waals surface area contributed by atoms with E-state index < -0.39 is 17.9 Å². The number of aryl methyl sites for hydroxylation is 1. The number of imidazole rings is 1. The van der Waals surface area contributed by atoms with E-state index in [1.165, 1.54) is 25.2 Å². The first-order valence-electron chi connectivity index (χ1n) is 9.29. The van der Waals surface area contributed by atoms with Crippen LogP contribution in [0, 0.1) is 0 Å². The van der Waals surface area contributed by atoms with Crippen molar-refractivity contribution in [2.75, 3.05) is 14.2 Å². The van der Waals surface area contributed by atoms with E-state index in [0.717, 1.165) is 10.5 Å². The van der Waals surface area contributed by atoms with Gasteiger partial charge >= 0.3 is 0 Å². The lowest BCUT2D eigenvalue weighted by Gasteiger charge is -2.21. The number of nitrogens with one attached hydrogen (secondary N) is 1. The molecular formula is C22H20N4O4. The molecule has 2 aromatic carbocycles.